The van der Waals surface area contributed by atoms with Crippen molar-refractivity contribution in [2.24, 2.45) is 11.8 Å². The van der Waals surface area contributed by atoms with E-state index in [0.29, 0.717) is 0 Å². The number of carboxylic acid groups (broad SMARTS) is 3. The lowest BCUT2D eigenvalue weighted by molar-refractivity contribution is -0.142. The molecule has 0 spiro atoms. The maximum absolute atomic E-state index is 11.4. The van der Waals surface area contributed by atoms with Crippen LogP contribution in [0.4, 0.5) is 0 Å². The standard InChI is InChI=1S/C16H21O7P/c17-14(18)7-6-12(15(19)20)9-24(23)10-13(16(21)22)8-11-4-2-1-3-5-11/h1-5,12-13,23H,6-10H2,(H,17,18)(H,19,20)(H,21,22). The fourth-order valence-corrected chi connectivity index (χ4v) is 4.09. The summed E-state index contributed by atoms with van der Waals surface area (Å²) >= 11 is 0. The molecule has 1 aromatic carbocycles. The molecule has 4 N–H and O–H groups in total. The zero-order chi connectivity index (χ0) is 18.1. The first-order chi connectivity index (χ1) is 11.3. The van der Waals surface area contributed by atoms with Gasteiger partial charge in [-0.25, -0.2) is 0 Å². The van der Waals surface area contributed by atoms with E-state index in [-0.39, 0.29) is 31.6 Å². The number of rotatable bonds is 11. The van der Waals surface area contributed by atoms with Gasteiger partial charge in [-0.1, -0.05) is 30.3 Å². The summed E-state index contributed by atoms with van der Waals surface area (Å²) in [7, 11) is -1.81. The summed E-state index contributed by atoms with van der Waals surface area (Å²) < 4.78 is 0. The summed E-state index contributed by atoms with van der Waals surface area (Å²) in [6.07, 6.45) is -0.248. The molecule has 132 valence electrons. The molecule has 0 aliphatic carbocycles. The summed E-state index contributed by atoms with van der Waals surface area (Å²) in [5.41, 5.74) is 0.828. The summed E-state index contributed by atoms with van der Waals surface area (Å²) in [5.74, 6) is -5.11. The van der Waals surface area contributed by atoms with E-state index >= 15 is 0 Å². The Kier molecular flexibility index (Phi) is 8.36. The van der Waals surface area contributed by atoms with Gasteiger partial charge in [-0.3, -0.25) is 14.4 Å². The monoisotopic (exact) mass is 356 g/mol. The molecule has 0 aliphatic rings. The lowest BCUT2D eigenvalue weighted by Crippen LogP contribution is -2.23. The van der Waals surface area contributed by atoms with E-state index < -0.39 is 37.9 Å². The first kappa shape index (κ1) is 20.1. The molecule has 3 atom stereocenters. The van der Waals surface area contributed by atoms with Crippen molar-refractivity contribution in [1.82, 2.24) is 0 Å². The minimum atomic E-state index is -1.81. The van der Waals surface area contributed by atoms with E-state index in [0.717, 1.165) is 5.56 Å². The summed E-state index contributed by atoms with van der Waals surface area (Å²) in [6, 6.07) is 8.99. The van der Waals surface area contributed by atoms with Crippen LogP contribution in [0.2, 0.25) is 0 Å². The van der Waals surface area contributed by atoms with E-state index in [4.69, 9.17) is 10.2 Å². The fourth-order valence-electron chi connectivity index (χ4n) is 2.30. The topological polar surface area (TPSA) is 132 Å². The molecule has 7 nitrogen and oxygen atoms in total. The van der Waals surface area contributed by atoms with Crippen molar-refractivity contribution in [2.45, 2.75) is 19.3 Å². The van der Waals surface area contributed by atoms with E-state index in [1.807, 2.05) is 6.07 Å². The van der Waals surface area contributed by atoms with Gasteiger partial charge >= 0.3 is 17.9 Å². The minimum absolute atomic E-state index is 0.0174. The van der Waals surface area contributed by atoms with Crippen molar-refractivity contribution in [2.75, 3.05) is 12.3 Å². The first-order valence-corrected chi connectivity index (χ1v) is 9.11. The summed E-state index contributed by atoms with van der Waals surface area (Å²) in [4.78, 5) is 43.2. The maximum atomic E-state index is 11.4. The van der Waals surface area contributed by atoms with E-state index in [9.17, 15) is 24.4 Å². The Bertz CT molecular complexity index is 561. The molecule has 0 saturated heterocycles. The molecule has 0 bridgehead atoms. The maximum Gasteiger partial charge on any atom is 0.307 e. The van der Waals surface area contributed by atoms with E-state index in [1.54, 1.807) is 24.3 Å². The third-order valence-corrected chi connectivity index (χ3v) is 5.32. The van der Waals surface area contributed by atoms with Crippen LogP contribution in [0.5, 0.6) is 0 Å². The highest BCUT2D eigenvalue weighted by Crippen LogP contribution is 2.37. The van der Waals surface area contributed by atoms with Crippen LogP contribution in [0.3, 0.4) is 0 Å². The zero-order valence-electron chi connectivity index (χ0n) is 13.0. The lowest BCUT2D eigenvalue weighted by atomic mass is 10.0. The molecule has 8 heteroatoms. The lowest BCUT2D eigenvalue weighted by Gasteiger charge is -2.20. The molecule has 0 heterocycles. The average Bonchev–Trinajstić information content (AvgIpc) is 2.51. The molecule has 1 rings (SSSR count). The molecular weight excluding hydrogens is 335 g/mol. The van der Waals surface area contributed by atoms with Gasteiger partial charge in [-0.15, -0.1) is 0 Å². The molecule has 0 fully saturated rings. The van der Waals surface area contributed by atoms with E-state index in [2.05, 4.69) is 0 Å². The Morgan fingerprint density at radius 2 is 1.46 bits per heavy atom. The van der Waals surface area contributed by atoms with Gasteiger partial charge in [0.2, 0.25) is 0 Å². The van der Waals surface area contributed by atoms with Crippen molar-refractivity contribution in [3.63, 3.8) is 0 Å². The Morgan fingerprint density at radius 1 is 0.917 bits per heavy atom. The third-order valence-electron chi connectivity index (χ3n) is 3.59. The van der Waals surface area contributed by atoms with Crippen molar-refractivity contribution in [3.8, 4) is 0 Å². The van der Waals surface area contributed by atoms with Gasteiger partial charge in [0.1, 0.15) is 0 Å². The summed E-state index contributed by atoms with van der Waals surface area (Å²) in [6.45, 7) is 0. The average molecular weight is 356 g/mol. The molecule has 3 unspecified atom stereocenters. The molecule has 0 aliphatic heterocycles. The fraction of sp³-hybridized carbons (Fsp3) is 0.438. The Hall–Kier alpha value is -1.98. The Morgan fingerprint density at radius 3 is 1.96 bits per heavy atom. The van der Waals surface area contributed by atoms with Crippen LogP contribution in [-0.4, -0.2) is 50.4 Å². The SMILES string of the molecule is O=C(O)CCC(CP(O)CC(Cc1ccccc1)C(=O)O)C(=O)O. The van der Waals surface area contributed by atoms with Crippen LogP contribution in [-0.2, 0) is 20.8 Å². The van der Waals surface area contributed by atoms with E-state index in [1.165, 1.54) is 0 Å². The highest BCUT2D eigenvalue weighted by atomic mass is 31.1. The zero-order valence-corrected chi connectivity index (χ0v) is 13.9. The molecule has 24 heavy (non-hydrogen) atoms. The number of benzene rings is 1. The van der Waals surface area contributed by atoms with Gasteiger partial charge in [-0.2, -0.15) is 0 Å². The second kappa shape index (κ2) is 10.0. The molecule has 0 amide bonds. The molecular formula is C16H21O7P. The van der Waals surface area contributed by atoms with Gasteiger partial charge in [0.25, 0.3) is 0 Å². The predicted octanol–water partition coefficient (Wildman–Crippen LogP) is 1.88. The largest absolute Gasteiger partial charge is 0.481 e. The highest BCUT2D eigenvalue weighted by Gasteiger charge is 2.27. The van der Waals surface area contributed by atoms with Crippen LogP contribution in [0.15, 0.2) is 30.3 Å². The number of carboxylic acids is 3. The number of carbonyl (C=O) groups is 3. The highest BCUT2D eigenvalue weighted by molar-refractivity contribution is 7.51. The number of hydrogen-bond donors (Lipinski definition) is 4. The third kappa shape index (κ3) is 7.53. The van der Waals surface area contributed by atoms with Crippen molar-refractivity contribution >= 4 is 26.1 Å². The van der Waals surface area contributed by atoms with Crippen LogP contribution in [0.1, 0.15) is 18.4 Å². The van der Waals surface area contributed by atoms with Crippen molar-refractivity contribution in [3.05, 3.63) is 35.9 Å². The van der Waals surface area contributed by atoms with Crippen LogP contribution >= 0.6 is 8.15 Å². The minimum Gasteiger partial charge on any atom is -0.481 e. The smallest absolute Gasteiger partial charge is 0.307 e. The molecule has 1 aromatic rings. The normalized spacial score (nSPS) is 14.5. The number of hydrogen-bond acceptors (Lipinski definition) is 4. The van der Waals surface area contributed by atoms with Gasteiger partial charge in [-0.05, 0) is 18.4 Å². The second-order valence-corrected chi connectivity index (χ2v) is 7.31. The van der Waals surface area contributed by atoms with Crippen LogP contribution < -0.4 is 0 Å². The van der Waals surface area contributed by atoms with Crippen molar-refractivity contribution in [1.29, 1.82) is 0 Å². The van der Waals surface area contributed by atoms with Gasteiger partial charge in [0, 0.05) is 26.9 Å². The van der Waals surface area contributed by atoms with Gasteiger partial charge < -0.3 is 20.2 Å². The predicted molar refractivity (Wildman–Crippen MR) is 88.1 cm³/mol. The Labute approximate surface area is 140 Å². The molecule has 0 saturated carbocycles. The van der Waals surface area contributed by atoms with Gasteiger partial charge in [0.15, 0.2) is 0 Å². The Balaban J connectivity index is 2.63. The number of aliphatic carboxylic acids is 3. The molecule has 0 radical (unpaired) electrons. The molecule has 0 aromatic heterocycles. The van der Waals surface area contributed by atoms with Gasteiger partial charge in [0.05, 0.1) is 11.8 Å². The summed E-state index contributed by atoms with van der Waals surface area (Å²) in [5, 5.41) is 27.0. The van der Waals surface area contributed by atoms with Crippen LogP contribution in [0.25, 0.3) is 0 Å². The quantitative estimate of drug-likeness (QED) is 0.445. The van der Waals surface area contributed by atoms with Crippen molar-refractivity contribution < 1.29 is 34.6 Å². The first-order valence-electron chi connectivity index (χ1n) is 7.44. The van der Waals surface area contributed by atoms with Crippen LogP contribution in [0, 0.1) is 11.8 Å². The second-order valence-electron chi connectivity index (χ2n) is 5.56.